The van der Waals surface area contributed by atoms with Gasteiger partial charge in [0.1, 0.15) is 18.2 Å². The Bertz CT molecular complexity index is 1830. The van der Waals surface area contributed by atoms with Crippen molar-refractivity contribution in [2.75, 3.05) is 32.6 Å². The van der Waals surface area contributed by atoms with Crippen LogP contribution in [-0.2, 0) is 6.42 Å². The maximum absolute atomic E-state index is 12.8. The van der Waals surface area contributed by atoms with Gasteiger partial charge in [0.2, 0.25) is 0 Å². The lowest BCUT2D eigenvalue weighted by atomic mass is 10.0. The third-order valence-corrected chi connectivity index (χ3v) is 6.71. The molecule has 0 atom stereocenters. The fourth-order valence-corrected chi connectivity index (χ4v) is 4.56. The number of carbonyl (C=O) groups is 1. The summed E-state index contributed by atoms with van der Waals surface area (Å²) in [6.07, 6.45) is 5.30. The smallest absolute Gasteiger partial charge is 0.168 e. The van der Waals surface area contributed by atoms with Crippen molar-refractivity contribution in [3.8, 4) is 17.1 Å². The number of ether oxygens (including phenoxy) is 1. The Labute approximate surface area is 237 Å². The fourth-order valence-electron chi connectivity index (χ4n) is 4.56. The highest BCUT2D eigenvalue weighted by Gasteiger charge is 2.14. The number of hydrogen-bond donors (Lipinski definition) is 2. The number of aromatic nitrogens is 5. The number of rotatable bonds is 10. The van der Waals surface area contributed by atoms with Crippen LogP contribution in [0.5, 0.6) is 5.75 Å². The number of ketones is 1. The first-order valence-electron chi connectivity index (χ1n) is 13.3. The zero-order valence-corrected chi connectivity index (χ0v) is 22.8. The van der Waals surface area contributed by atoms with Gasteiger partial charge >= 0.3 is 0 Å². The summed E-state index contributed by atoms with van der Waals surface area (Å²) in [6.45, 7) is 1.38. The molecule has 0 unspecified atom stereocenters. The minimum Gasteiger partial charge on any atom is -0.492 e. The third kappa shape index (κ3) is 6.05. The number of nitrogens with zero attached hydrogens (tertiary/aromatic N) is 5. The van der Waals surface area contributed by atoms with Gasteiger partial charge in [0.05, 0.1) is 17.2 Å². The average molecular weight is 544 g/mol. The number of H-pyrrole nitrogens is 1. The van der Waals surface area contributed by atoms with Gasteiger partial charge in [-0.3, -0.25) is 14.9 Å². The number of nitrogens with one attached hydrogen (secondary N) is 2. The number of aromatic amines is 1. The third-order valence-electron chi connectivity index (χ3n) is 6.71. The van der Waals surface area contributed by atoms with Gasteiger partial charge in [-0.05, 0) is 74.3 Å². The molecule has 204 valence electrons. The number of hydrogen-bond acceptors (Lipinski definition) is 8. The van der Waals surface area contributed by atoms with Crippen LogP contribution in [-0.4, -0.2) is 63.1 Å². The van der Waals surface area contributed by atoms with Crippen molar-refractivity contribution in [2.45, 2.75) is 6.42 Å². The Hall–Kier alpha value is -5.15. The molecule has 2 N–H and O–H groups in total. The molecule has 0 aliphatic rings. The molecule has 0 aliphatic carbocycles. The molecule has 41 heavy (non-hydrogen) atoms. The molecule has 0 amide bonds. The molecule has 3 aromatic heterocycles. The summed E-state index contributed by atoms with van der Waals surface area (Å²) < 4.78 is 6.01. The molecule has 9 heteroatoms. The van der Waals surface area contributed by atoms with Crippen molar-refractivity contribution >= 4 is 39.1 Å². The monoisotopic (exact) mass is 543 g/mol. The minimum atomic E-state index is 0.00784. The molecule has 9 nitrogen and oxygen atoms in total. The van der Waals surface area contributed by atoms with E-state index in [-0.39, 0.29) is 12.2 Å². The number of likely N-dealkylation sites (N-methyl/N-ethyl adjacent to an activating group) is 1. The van der Waals surface area contributed by atoms with Crippen LogP contribution in [0.15, 0.2) is 91.4 Å². The highest BCUT2D eigenvalue weighted by Crippen LogP contribution is 2.31. The van der Waals surface area contributed by atoms with Gasteiger partial charge in [-0.1, -0.05) is 18.2 Å². The number of carbonyl (C=O) groups excluding carboxylic acids is 1. The number of Topliss-reactive ketones (excluding diaryl/α,β-unsaturated/α-hetero) is 1. The Morgan fingerprint density at radius 1 is 0.976 bits per heavy atom. The molecule has 0 bridgehead atoms. The van der Waals surface area contributed by atoms with Crippen molar-refractivity contribution in [1.29, 1.82) is 0 Å². The van der Waals surface area contributed by atoms with Crippen molar-refractivity contribution in [2.24, 2.45) is 0 Å². The number of anilines is 2. The first-order chi connectivity index (χ1) is 20.0. The van der Waals surface area contributed by atoms with E-state index in [0.717, 1.165) is 50.9 Å². The Kier molecular flexibility index (Phi) is 7.34. The van der Waals surface area contributed by atoms with Gasteiger partial charge in [0.25, 0.3) is 0 Å². The Balaban J connectivity index is 1.36. The van der Waals surface area contributed by atoms with E-state index < -0.39 is 0 Å². The van der Waals surface area contributed by atoms with E-state index in [1.807, 2.05) is 74.8 Å². The summed E-state index contributed by atoms with van der Waals surface area (Å²) in [4.78, 5) is 28.8. The first kappa shape index (κ1) is 26.1. The van der Waals surface area contributed by atoms with Crippen LogP contribution in [0, 0.1) is 0 Å². The molecule has 0 saturated heterocycles. The highest BCUT2D eigenvalue weighted by atomic mass is 16.5. The highest BCUT2D eigenvalue weighted by molar-refractivity contribution is 5.97. The van der Waals surface area contributed by atoms with Crippen LogP contribution in [0.1, 0.15) is 15.9 Å². The van der Waals surface area contributed by atoms with E-state index >= 15 is 0 Å². The lowest BCUT2D eigenvalue weighted by molar-refractivity contribution is 0.0992. The molecule has 6 rings (SSSR count). The summed E-state index contributed by atoms with van der Waals surface area (Å²) in [5.74, 6) is 1.97. The normalized spacial score (nSPS) is 11.3. The van der Waals surface area contributed by atoms with Crippen LogP contribution < -0.4 is 10.1 Å². The maximum atomic E-state index is 12.8. The number of fused-ring (bicyclic) bond motifs is 2. The maximum Gasteiger partial charge on any atom is 0.168 e. The second kappa shape index (κ2) is 11.5. The zero-order chi connectivity index (χ0) is 28.2. The van der Waals surface area contributed by atoms with E-state index in [1.165, 1.54) is 0 Å². The van der Waals surface area contributed by atoms with Gasteiger partial charge in [-0.25, -0.2) is 9.97 Å². The summed E-state index contributed by atoms with van der Waals surface area (Å²) in [6, 6.07) is 23.2. The fraction of sp³-hybridized carbons (Fsp3) is 0.156. The van der Waals surface area contributed by atoms with Crippen LogP contribution in [0.2, 0.25) is 0 Å². The molecule has 0 aliphatic heterocycles. The van der Waals surface area contributed by atoms with Crippen molar-refractivity contribution in [3.05, 3.63) is 103 Å². The van der Waals surface area contributed by atoms with Gasteiger partial charge in [0.15, 0.2) is 11.6 Å². The van der Waals surface area contributed by atoms with E-state index in [1.54, 1.807) is 30.7 Å². The van der Waals surface area contributed by atoms with Gasteiger partial charge in [-0.15, -0.1) is 0 Å². The predicted molar refractivity (Wildman–Crippen MR) is 161 cm³/mol. The lowest BCUT2D eigenvalue weighted by Gasteiger charge is -2.14. The number of pyridine rings is 1. The van der Waals surface area contributed by atoms with Crippen LogP contribution in [0.25, 0.3) is 33.2 Å². The van der Waals surface area contributed by atoms with Crippen LogP contribution in [0.4, 0.5) is 11.5 Å². The van der Waals surface area contributed by atoms with Crippen LogP contribution in [0.3, 0.4) is 0 Å². The zero-order valence-electron chi connectivity index (χ0n) is 22.8. The first-order valence-corrected chi connectivity index (χ1v) is 13.3. The van der Waals surface area contributed by atoms with E-state index in [2.05, 4.69) is 25.4 Å². The van der Waals surface area contributed by atoms with Crippen molar-refractivity contribution < 1.29 is 9.53 Å². The molecular weight excluding hydrogens is 514 g/mol. The van der Waals surface area contributed by atoms with E-state index in [0.29, 0.717) is 23.8 Å². The van der Waals surface area contributed by atoms with E-state index in [9.17, 15) is 4.79 Å². The Morgan fingerprint density at radius 3 is 2.76 bits per heavy atom. The van der Waals surface area contributed by atoms with Crippen LogP contribution >= 0.6 is 0 Å². The SMILES string of the molecule is CN(C)CCOc1ccc2nc(-c3cccc(CC(=O)c4cccnc4)c3)nc(Nc3ccc4[nH]ncc4c3)c2c1. The second-order valence-electron chi connectivity index (χ2n) is 10.1. The molecule has 3 heterocycles. The molecule has 3 aromatic carbocycles. The summed E-state index contributed by atoms with van der Waals surface area (Å²) in [7, 11) is 4.03. The summed E-state index contributed by atoms with van der Waals surface area (Å²) in [5, 5.41) is 12.4. The molecule has 0 saturated carbocycles. The summed E-state index contributed by atoms with van der Waals surface area (Å²) >= 11 is 0. The van der Waals surface area contributed by atoms with Gasteiger partial charge in [-0.2, -0.15) is 5.10 Å². The summed E-state index contributed by atoms with van der Waals surface area (Å²) in [5.41, 5.74) is 4.90. The molecule has 0 fully saturated rings. The minimum absolute atomic E-state index is 0.00784. The van der Waals surface area contributed by atoms with Crippen molar-refractivity contribution in [1.82, 2.24) is 30.0 Å². The quantitative estimate of drug-likeness (QED) is 0.213. The molecule has 6 aromatic rings. The van der Waals surface area contributed by atoms with Crippen molar-refractivity contribution in [3.63, 3.8) is 0 Å². The van der Waals surface area contributed by atoms with Gasteiger partial charge < -0.3 is 15.0 Å². The largest absolute Gasteiger partial charge is 0.492 e. The van der Waals surface area contributed by atoms with E-state index in [4.69, 9.17) is 14.7 Å². The number of benzene rings is 3. The lowest BCUT2D eigenvalue weighted by Crippen LogP contribution is -2.19. The average Bonchev–Trinajstić information content (AvgIpc) is 3.46. The predicted octanol–water partition coefficient (Wildman–Crippen LogP) is 5.68. The Morgan fingerprint density at radius 2 is 1.90 bits per heavy atom. The topological polar surface area (TPSA) is 109 Å². The molecular formula is C32H29N7O2. The molecule has 0 radical (unpaired) electrons. The standard InChI is InChI=1S/C32H29N7O2/c1-39(2)13-14-41-26-9-11-29-27(18-26)32(35-25-8-10-28-24(17-25)20-34-38-28)37-31(36-29)22-6-3-5-21(15-22)16-30(40)23-7-4-12-33-19-23/h3-12,15,17-20H,13-14,16H2,1-2H3,(H,34,38)(H,35,36,37). The second-order valence-corrected chi connectivity index (χ2v) is 10.1. The molecule has 0 spiro atoms. The van der Waals surface area contributed by atoms with Gasteiger partial charge in [0, 0.05) is 52.9 Å².